The number of allylic oxidation sites excluding steroid dienone is 2. The van der Waals surface area contributed by atoms with E-state index in [4.69, 9.17) is 19.2 Å². The highest BCUT2D eigenvalue weighted by Crippen LogP contribution is 2.26. The summed E-state index contributed by atoms with van der Waals surface area (Å²) in [6.07, 6.45) is 5.84. The summed E-state index contributed by atoms with van der Waals surface area (Å²) in [4.78, 5) is 13.4. The molecule has 1 aromatic rings. The van der Waals surface area contributed by atoms with Gasteiger partial charge in [0.15, 0.2) is 16.6 Å². The Morgan fingerprint density at radius 2 is 1.90 bits per heavy atom. The number of aromatic nitrogens is 1. The van der Waals surface area contributed by atoms with Gasteiger partial charge in [-0.25, -0.2) is 4.98 Å². The van der Waals surface area contributed by atoms with Crippen molar-refractivity contribution in [3.05, 3.63) is 46.9 Å². The van der Waals surface area contributed by atoms with Gasteiger partial charge in [0, 0.05) is 62.9 Å². The highest BCUT2D eigenvalue weighted by molar-refractivity contribution is 7.15. The molecular weight excluding hydrogens is 400 g/mol. The van der Waals surface area contributed by atoms with Gasteiger partial charge in [-0.1, -0.05) is 12.2 Å². The van der Waals surface area contributed by atoms with Crippen LogP contribution in [-0.2, 0) is 20.8 Å². The van der Waals surface area contributed by atoms with Crippen molar-refractivity contribution in [2.45, 2.75) is 26.4 Å². The van der Waals surface area contributed by atoms with Crippen molar-refractivity contribution in [3.8, 4) is 0 Å². The molecule has 30 heavy (non-hydrogen) atoms. The van der Waals surface area contributed by atoms with Gasteiger partial charge >= 0.3 is 0 Å². The molecule has 0 N–H and O–H groups in total. The maximum atomic E-state index is 5.56. The second-order valence-electron chi connectivity index (χ2n) is 7.92. The minimum Gasteiger partial charge on any atom is -0.454 e. The molecule has 8 heteroatoms. The summed E-state index contributed by atoms with van der Waals surface area (Å²) in [5.74, 6) is 1.51. The molecule has 4 rings (SSSR count). The van der Waals surface area contributed by atoms with Crippen LogP contribution >= 0.6 is 11.3 Å². The molecule has 0 aromatic carbocycles. The molecule has 0 aliphatic carbocycles. The van der Waals surface area contributed by atoms with Gasteiger partial charge in [0.25, 0.3) is 0 Å². The van der Waals surface area contributed by atoms with Crippen LogP contribution in [-0.4, -0.2) is 80.1 Å². The lowest BCUT2D eigenvalue weighted by molar-refractivity contribution is 0.0346. The van der Waals surface area contributed by atoms with E-state index in [1.807, 2.05) is 17.5 Å². The van der Waals surface area contributed by atoms with Crippen LogP contribution < -0.4 is 4.90 Å². The third-order valence-corrected chi connectivity index (χ3v) is 7.07. The molecule has 4 heterocycles. The molecule has 0 spiro atoms. The number of ether oxygens (including phenoxy) is 3. The van der Waals surface area contributed by atoms with Crippen molar-refractivity contribution in [3.63, 3.8) is 0 Å². The third kappa shape index (κ3) is 5.06. The summed E-state index contributed by atoms with van der Waals surface area (Å²) in [6.45, 7) is 17.2. The van der Waals surface area contributed by atoms with Crippen LogP contribution in [0.2, 0.25) is 0 Å². The van der Waals surface area contributed by atoms with E-state index in [2.05, 4.69) is 41.2 Å². The minimum absolute atomic E-state index is 0.273. The number of hydrogen-bond donors (Lipinski definition) is 0. The molecule has 0 radical (unpaired) electrons. The lowest BCUT2D eigenvalue weighted by atomic mass is 10.1. The molecule has 1 atom stereocenters. The minimum atomic E-state index is 0.273. The highest BCUT2D eigenvalue weighted by Gasteiger charge is 2.24. The molecule has 7 nitrogen and oxygen atoms in total. The molecule has 2 fully saturated rings. The van der Waals surface area contributed by atoms with Gasteiger partial charge < -0.3 is 19.1 Å². The Labute approximate surface area is 183 Å². The van der Waals surface area contributed by atoms with Crippen LogP contribution in [0, 0.1) is 0 Å². The van der Waals surface area contributed by atoms with Crippen LogP contribution in [0.4, 0.5) is 5.13 Å². The predicted octanol–water partition coefficient (Wildman–Crippen LogP) is 2.83. The number of rotatable bonds is 7. The zero-order valence-corrected chi connectivity index (χ0v) is 18.8. The quantitative estimate of drug-likeness (QED) is 0.657. The molecular formula is C22H32N4O3S. The number of nitrogens with zero attached hydrogens (tertiary/aromatic N) is 4. The summed E-state index contributed by atoms with van der Waals surface area (Å²) < 4.78 is 16.4. The van der Waals surface area contributed by atoms with E-state index in [-0.39, 0.29) is 6.79 Å². The average Bonchev–Trinajstić information content (AvgIpc) is 3.43. The lowest BCUT2D eigenvalue weighted by Crippen LogP contribution is -2.50. The molecule has 0 saturated carbocycles. The van der Waals surface area contributed by atoms with Crippen molar-refractivity contribution in [1.29, 1.82) is 0 Å². The van der Waals surface area contributed by atoms with Crippen molar-refractivity contribution in [2.24, 2.45) is 0 Å². The second-order valence-corrected chi connectivity index (χ2v) is 9.02. The van der Waals surface area contributed by atoms with Crippen LogP contribution in [0.5, 0.6) is 0 Å². The van der Waals surface area contributed by atoms with Crippen molar-refractivity contribution in [1.82, 2.24) is 14.8 Å². The van der Waals surface area contributed by atoms with Gasteiger partial charge in [0.1, 0.15) is 0 Å². The number of hydrogen-bond acceptors (Lipinski definition) is 8. The molecule has 0 amide bonds. The zero-order chi connectivity index (χ0) is 20.9. The second kappa shape index (κ2) is 9.96. The first-order chi connectivity index (χ1) is 14.6. The lowest BCUT2D eigenvalue weighted by Gasteiger charge is -2.38. The summed E-state index contributed by atoms with van der Waals surface area (Å²) >= 11 is 1.83. The Bertz CT molecular complexity index is 792. The van der Waals surface area contributed by atoms with E-state index < -0.39 is 0 Å². The van der Waals surface area contributed by atoms with Gasteiger partial charge in [0.2, 0.25) is 6.79 Å². The number of piperazine rings is 1. The Morgan fingerprint density at radius 3 is 2.63 bits per heavy atom. The summed E-state index contributed by atoms with van der Waals surface area (Å²) in [6, 6.07) is 0.350. The van der Waals surface area contributed by atoms with Gasteiger partial charge in [-0.15, -0.1) is 11.3 Å². The van der Waals surface area contributed by atoms with E-state index in [1.165, 1.54) is 10.5 Å². The average molecular weight is 433 g/mol. The number of thiazole rings is 1. The Balaban J connectivity index is 1.30. The molecule has 3 aliphatic rings. The summed E-state index contributed by atoms with van der Waals surface area (Å²) in [5, 5.41) is 1.15. The highest BCUT2D eigenvalue weighted by atomic mass is 32.1. The van der Waals surface area contributed by atoms with Crippen LogP contribution in [0.15, 0.2) is 42.0 Å². The van der Waals surface area contributed by atoms with Crippen LogP contribution in [0.3, 0.4) is 0 Å². The fraction of sp³-hybridized carbons (Fsp3) is 0.591. The van der Waals surface area contributed by atoms with Crippen molar-refractivity contribution < 1.29 is 14.2 Å². The number of morpholine rings is 1. The Morgan fingerprint density at radius 1 is 1.17 bits per heavy atom. The Hall–Kier alpha value is -1.87. The molecule has 2 saturated heterocycles. The number of anilines is 1. The molecule has 1 aromatic heterocycles. The van der Waals surface area contributed by atoms with Crippen LogP contribution in [0.1, 0.15) is 18.7 Å². The monoisotopic (exact) mass is 432 g/mol. The first kappa shape index (κ1) is 21.4. The maximum Gasteiger partial charge on any atom is 0.231 e. The van der Waals surface area contributed by atoms with Gasteiger partial charge in [-0.05, 0) is 26.0 Å². The zero-order valence-electron chi connectivity index (χ0n) is 18.0. The van der Waals surface area contributed by atoms with Gasteiger partial charge in [-0.2, -0.15) is 0 Å². The topological polar surface area (TPSA) is 50.3 Å². The van der Waals surface area contributed by atoms with Crippen molar-refractivity contribution >= 4 is 16.5 Å². The fourth-order valence-corrected chi connectivity index (χ4v) is 4.99. The normalized spacial score (nSPS) is 22.7. The smallest absolute Gasteiger partial charge is 0.231 e. The summed E-state index contributed by atoms with van der Waals surface area (Å²) in [7, 11) is 0. The van der Waals surface area contributed by atoms with Crippen LogP contribution in [0.25, 0.3) is 0 Å². The third-order valence-electron chi connectivity index (χ3n) is 6.03. The predicted molar refractivity (Wildman–Crippen MR) is 119 cm³/mol. The van der Waals surface area contributed by atoms with Crippen molar-refractivity contribution in [2.75, 3.05) is 64.2 Å². The molecule has 0 bridgehead atoms. The maximum absolute atomic E-state index is 5.56. The SMILES string of the molecule is C=CC1=C(/C=C(\C)C(C)N2CCN(c3ncc(CN4CCOCC4)s3)CC2)OCO1. The first-order valence-electron chi connectivity index (χ1n) is 10.7. The van der Waals surface area contributed by atoms with E-state index in [9.17, 15) is 0 Å². The summed E-state index contributed by atoms with van der Waals surface area (Å²) in [5.41, 5.74) is 1.27. The Kier molecular flexibility index (Phi) is 7.09. The fourth-order valence-electron chi connectivity index (χ4n) is 3.98. The molecule has 1 unspecified atom stereocenters. The first-order valence-corrected chi connectivity index (χ1v) is 11.5. The van der Waals surface area contributed by atoms with E-state index >= 15 is 0 Å². The van der Waals surface area contributed by atoms with Gasteiger partial charge in [0.05, 0.1) is 13.2 Å². The standard InChI is InChI=1S/C22H32N4O3S/c1-4-20-21(29-16-28-20)13-17(2)18(3)25-5-7-26(8-6-25)22-23-14-19(30-22)15-24-9-11-27-12-10-24/h4,13-14,18H,1,5-12,15-16H2,2-3H3/b17-13+. The molecule has 3 aliphatic heterocycles. The molecule has 164 valence electrons. The van der Waals surface area contributed by atoms with E-state index in [1.54, 1.807) is 6.08 Å². The van der Waals surface area contributed by atoms with Gasteiger partial charge in [-0.3, -0.25) is 9.80 Å². The van der Waals surface area contributed by atoms with E-state index in [0.717, 1.165) is 75.7 Å². The largest absolute Gasteiger partial charge is 0.454 e. The van der Waals surface area contributed by atoms with E-state index in [0.29, 0.717) is 6.04 Å².